The van der Waals surface area contributed by atoms with Crippen LogP contribution in [0.1, 0.15) is 74.1 Å². The largest absolute Gasteiger partial charge is 0.355 e. The summed E-state index contributed by atoms with van der Waals surface area (Å²) in [6.45, 7) is 12.9. The average molecular weight is 563 g/mol. The Labute approximate surface area is 226 Å². The van der Waals surface area contributed by atoms with Gasteiger partial charge in [0.1, 0.15) is 6.04 Å². The molecule has 0 aliphatic carbocycles. The molecule has 0 aliphatic heterocycles. The normalized spacial score (nSPS) is 13.2. The van der Waals surface area contributed by atoms with E-state index < -0.39 is 45.7 Å². The van der Waals surface area contributed by atoms with E-state index >= 15 is 0 Å². The molecule has 0 spiro atoms. The van der Waals surface area contributed by atoms with Crippen LogP contribution < -0.4 is 16.0 Å². The minimum Gasteiger partial charge on any atom is -0.355 e. The van der Waals surface area contributed by atoms with Gasteiger partial charge in [-0.15, -0.1) is 0 Å². The van der Waals surface area contributed by atoms with Crippen molar-refractivity contribution in [3.63, 3.8) is 0 Å². The molecule has 2 atom stereocenters. The van der Waals surface area contributed by atoms with Gasteiger partial charge in [0.25, 0.3) is 10.1 Å². The van der Waals surface area contributed by atoms with Gasteiger partial charge in [-0.3, -0.25) is 28.5 Å². The van der Waals surface area contributed by atoms with Crippen molar-refractivity contribution in [2.75, 3.05) is 25.4 Å². The average Bonchev–Trinajstić information content (AvgIpc) is 2.78. The molecule has 0 aromatic rings. The number of amides is 4. The van der Waals surface area contributed by atoms with E-state index in [0.29, 0.717) is 18.9 Å². The third kappa shape index (κ3) is 15.7. The Balaban J connectivity index is 5.02. The van der Waals surface area contributed by atoms with Gasteiger partial charge in [-0.25, -0.2) is 0 Å². The van der Waals surface area contributed by atoms with Crippen LogP contribution in [-0.4, -0.2) is 84.8 Å². The van der Waals surface area contributed by atoms with Gasteiger partial charge in [0.2, 0.25) is 23.6 Å². The fourth-order valence-corrected chi connectivity index (χ4v) is 3.81. The van der Waals surface area contributed by atoms with Crippen LogP contribution in [0.2, 0.25) is 0 Å². The molecule has 0 bridgehead atoms. The lowest BCUT2D eigenvalue weighted by atomic mass is 10.00. The number of hydrogen-bond acceptors (Lipinski definition) is 7. The van der Waals surface area contributed by atoms with Crippen LogP contribution in [0.5, 0.6) is 0 Å². The Bertz CT molecular complexity index is 918. The summed E-state index contributed by atoms with van der Waals surface area (Å²) in [7, 11) is -4.20. The SMILES string of the molecule is CC(C)CCN(CCC(=O)N[C@H](C(=O)N[C@@H](C)C(=O)C(C)C)C(C)C)C(=O)CCC(=O)NCCS(=O)(=O)O. The minimum atomic E-state index is -4.20. The highest BCUT2D eigenvalue weighted by Crippen LogP contribution is 2.08. The summed E-state index contributed by atoms with van der Waals surface area (Å²) in [5.41, 5.74) is 0. The third-order valence-electron chi connectivity index (χ3n) is 5.81. The highest BCUT2D eigenvalue weighted by molar-refractivity contribution is 7.85. The molecular weight excluding hydrogens is 516 g/mol. The maximum atomic E-state index is 12.8. The van der Waals surface area contributed by atoms with E-state index in [1.54, 1.807) is 34.6 Å². The molecule has 38 heavy (non-hydrogen) atoms. The molecule has 0 saturated heterocycles. The highest BCUT2D eigenvalue weighted by Gasteiger charge is 2.28. The number of Topliss-reactive ketones (excluding diaryl/α,β-unsaturated/α-hetero) is 1. The van der Waals surface area contributed by atoms with Crippen molar-refractivity contribution in [1.29, 1.82) is 0 Å². The summed E-state index contributed by atoms with van der Waals surface area (Å²) in [6.07, 6.45) is 0.335. The van der Waals surface area contributed by atoms with Gasteiger partial charge in [-0.2, -0.15) is 8.42 Å². The molecule has 12 nitrogen and oxygen atoms in total. The van der Waals surface area contributed by atoms with Crippen molar-refractivity contribution in [2.45, 2.75) is 86.2 Å². The number of nitrogens with zero attached hydrogens (tertiary/aromatic N) is 1. The zero-order chi connectivity index (χ0) is 29.6. The molecular formula is C25H46N4O8S. The predicted molar refractivity (Wildman–Crippen MR) is 144 cm³/mol. The maximum Gasteiger partial charge on any atom is 0.266 e. The first-order valence-electron chi connectivity index (χ1n) is 13.1. The third-order valence-corrected chi connectivity index (χ3v) is 6.53. The monoisotopic (exact) mass is 562 g/mol. The van der Waals surface area contributed by atoms with Gasteiger partial charge < -0.3 is 20.9 Å². The molecule has 4 amide bonds. The summed E-state index contributed by atoms with van der Waals surface area (Å²) < 4.78 is 30.2. The zero-order valence-electron chi connectivity index (χ0n) is 23.7. The van der Waals surface area contributed by atoms with E-state index in [2.05, 4.69) is 16.0 Å². The summed E-state index contributed by atoms with van der Waals surface area (Å²) in [5, 5.41) is 7.69. The second-order valence-electron chi connectivity index (χ2n) is 10.5. The summed E-state index contributed by atoms with van der Waals surface area (Å²) >= 11 is 0. The molecule has 0 heterocycles. The number of rotatable bonds is 18. The number of nitrogens with one attached hydrogen (secondary N) is 3. The Hall–Kier alpha value is -2.54. The van der Waals surface area contributed by atoms with Crippen molar-refractivity contribution in [1.82, 2.24) is 20.9 Å². The molecule has 0 saturated carbocycles. The number of ketones is 1. The summed E-state index contributed by atoms with van der Waals surface area (Å²) in [5.74, 6) is -2.65. The summed E-state index contributed by atoms with van der Waals surface area (Å²) in [6, 6.07) is -1.54. The minimum absolute atomic E-state index is 0.0542. The molecule has 0 fully saturated rings. The lowest BCUT2D eigenvalue weighted by Crippen LogP contribution is -2.53. The molecule has 0 aromatic carbocycles. The topological polar surface area (TPSA) is 179 Å². The van der Waals surface area contributed by atoms with Crippen LogP contribution >= 0.6 is 0 Å². The van der Waals surface area contributed by atoms with Gasteiger partial charge >= 0.3 is 0 Å². The van der Waals surface area contributed by atoms with Gasteiger partial charge in [-0.05, 0) is 25.2 Å². The highest BCUT2D eigenvalue weighted by atomic mass is 32.2. The standard InChI is InChI=1S/C25H46N4O8S/c1-16(2)10-13-29(22(32)9-8-20(30)26-12-15-38(35,36)37)14-11-21(31)28-23(17(3)4)25(34)27-19(7)24(33)18(5)6/h16-19,23H,8-15H2,1-7H3,(H,26,30)(H,27,34)(H,28,31)(H,35,36,37)/t19-,23-/m0/s1. The van der Waals surface area contributed by atoms with Crippen molar-refractivity contribution in [3.05, 3.63) is 0 Å². The van der Waals surface area contributed by atoms with Gasteiger partial charge in [0, 0.05) is 44.8 Å². The lowest BCUT2D eigenvalue weighted by Gasteiger charge is -2.26. The number of carbonyl (C=O) groups excluding carboxylic acids is 5. The number of carbonyl (C=O) groups is 5. The van der Waals surface area contributed by atoms with Crippen molar-refractivity contribution >= 4 is 39.5 Å². The van der Waals surface area contributed by atoms with Crippen LogP contribution in [0.15, 0.2) is 0 Å². The molecule has 0 unspecified atom stereocenters. The molecule has 0 radical (unpaired) electrons. The molecule has 0 aromatic heterocycles. The van der Waals surface area contributed by atoms with Gasteiger partial charge in [-0.1, -0.05) is 41.5 Å². The Kier molecular flexibility index (Phi) is 16.0. The first-order chi connectivity index (χ1) is 17.4. The van der Waals surface area contributed by atoms with Gasteiger partial charge in [0.15, 0.2) is 5.78 Å². The fourth-order valence-electron chi connectivity index (χ4n) is 3.45. The van der Waals surface area contributed by atoms with E-state index in [-0.39, 0.29) is 55.9 Å². The molecule has 0 rings (SSSR count). The molecule has 4 N–H and O–H groups in total. The van der Waals surface area contributed by atoms with Crippen LogP contribution in [0.25, 0.3) is 0 Å². The summed E-state index contributed by atoms with van der Waals surface area (Å²) in [4.78, 5) is 63.7. The van der Waals surface area contributed by atoms with E-state index in [1.807, 2.05) is 13.8 Å². The van der Waals surface area contributed by atoms with E-state index in [4.69, 9.17) is 4.55 Å². The van der Waals surface area contributed by atoms with Crippen molar-refractivity contribution in [2.24, 2.45) is 17.8 Å². The van der Waals surface area contributed by atoms with E-state index in [1.165, 1.54) is 4.90 Å². The lowest BCUT2D eigenvalue weighted by molar-refractivity contribution is -0.135. The number of hydrogen-bond donors (Lipinski definition) is 4. The Morgan fingerprint density at radius 3 is 1.92 bits per heavy atom. The predicted octanol–water partition coefficient (Wildman–Crippen LogP) is 0.906. The van der Waals surface area contributed by atoms with Crippen LogP contribution in [-0.2, 0) is 34.1 Å². The fraction of sp³-hybridized carbons (Fsp3) is 0.800. The second-order valence-corrected chi connectivity index (χ2v) is 12.1. The van der Waals surface area contributed by atoms with E-state index in [0.717, 1.165) is 0 Å². The molecule has 0 aliphatic rings. The molecule has 13 heteroatoms. The van der Waals surface area contributed by atoms with Crippen LogP contribution in [0.4, 0.5) is 0 Å². The Morgan fingerprint density at radius 2 is 1.42 bits per heavy atom. The van der Waals surface area contributed by atoms with Gasteiger partial charge in [0.05, 0.1) is 11.8 Å². The van der Waals surface area contributed by atoms with Crippen molar-refractivity contribution in [3.8, 4) is 0 Å². The smallest absolute Gasteiger partial charge is 0.266 e. The first kappa shape index (κ1) is 35.5. The quantitative estimate of drug-likeness (QED) is 0.178. The molecule has 220 valence electrons. The Morgan fingerprint density at radius 1 is 0.816 bits per heavy atom. The second kappa shape index (κ2) is 17.1. The maximum absolute atomic E-state index is 12.8. The zero-order valence-corrected chi connectivity index (χ0v) is 24.5. The first-order valence-corrected chi connectivity index (χ1v) is 14.7. The van der Waals surface area contributed by atoms with Crippen molar-refractivity contribution < 1.29 is 36.9 Å². The van der Waals surface area contributed by atoms with Crippen LogP contribution in [0, 0.1) is 17.8 Å². The van der Waals surface area contributed by atoms with E-state index in [9.17, 15) is 32.4 Å². The van der Waals surface area contributed by atoms with Crippen LogP contribution in [0.3, 0.4) is 0 Å².